The van der Waals surface area contributed by atoms with E-state index in [4.69, 9.17) is 34.8 Å². The molecule has 0 aliphatic heterocycles. The monoisotopic (exact) mass is 330 g/mol. The van der Waals surface area contributed by atoms with Gasteiger partial charge in [0.1, 0.15) is 5.25 Å². The first-order chi connectivity index (χ1) is 9.06. The molecule has 2 aromatic rings. The summed E-state index contributed by atoms with van der Waals surface area (Å²) in [5.74, 6) is 0. The molecule has 0 radical (unpaired) electrons. The van der Waals surface area contributed by atoms with E-state index in [0.29, 0.717) is 10.0 Å². The van der Waals surface area contributed by atoms with Crippen molar-refractivity contribution in [1.82, 2.24) is 0 Å². The van der Waals surface area contributed by atoms with Gasteiger partial charge in [-0.15, -0.1) is 11.8 Å². The van der Waals surface area contributed by atoms with Crippen molar-refractivity contribution in [1.29, 1.82) is 0 Å². The van der Waals surface area contributed by atoms with Crippen LogP contribution in [0.3, 0.4) is 0 Å². The normalized spacial score (nSPS) is 12.2. The Kier molecular flexibility index (Phi) is 5.17. The van der Waals surface area contributed by atoms with Gasteiger partial charge in [-0.3, -0.25) is 4.79 Å². The molecule has 2 aromatic carbocycles. The summed E-state index contributed by atoms with van der Waals surface area (Å²) in [7, 11) is 0. The Labute approximate surface area is 130 Å². The summed E-state index contributed by atoms with van der Waals surface area (Å²) in [6, 6.07) is 14.4. The third-order valence-corrected chi connectivity index (χ3v) is 4.56. The van der Waals surface area contributed by atoms with Crippen molar-refractivity contribution in [2.24, 2.45) is 0 Å². The summed E-state index contributed by atoms with van der Waals surface area (Å²) in [5, 5.41) is 0.410. The van der Waals surface area contributed by atoms with E-state index in [-0.39, 0.29) is 0 Å². The van der Waals surface area contributed by atoms with Gasteiger partial charge in [0, 0.05) is 14.9 Å². The van der Waals surface area contributed by atoms with E-state index < -0.39 is 10.5 Å². The molecule has 0 aliphatic rings. The van der Waals surface area contributed by atoms with E-state index in [1.54, 1.807) is 36.4 Å². The molecule has 0 aromatic heterocycles. The molecule has 2 rings (SSSR count). The predicted octanol–water partition coefficient (Wildman–Crippen LogP) is 5.59. The van der Waals surface area contributed by atoms with Gasteiger partial charge in [-0.1, -0.05) is 35.3 Å². The molecule has 0 amide bonds. The predicted molar refractivity (Wildman–Crippen MR) is 82.4 cm³/mol. The molecule has 0 heterocycles. The van der Waals surface area contributed by atoms with E-state index in [2.05, 4.69) is 0 Å². The number of hydrogen-bond acceptors (Lipinski definition) is 2. The number of rotatable bonds is 4. The van der Waals surface area contributed by atoms with Crippen LogP contribution in [-0.2, 0) is 4.79 Å². The molecule has 19 heavy (non-hydrogen) atoms. The zero-order valence-electron chi connectivity index (χ0n) is 9.65. The molecule has 1 nitrogen and oxygen atoms in total. The maximum Gasteiger partial charge on any atom is 0.239 e. The highest BCUT2D eigenvalue weighted by Crippen LogP contribution is 2.37. The third-order valence-electron chi connectivity index (χ3n) is 2.45. The van der Waals surface area contributed by atoms with Gasteiger partial charge in [-0.05, 0) is 53.6 Å². The van der Waals surface area contributed by atoms with Crippen molar-refractivity contribution in [2.45, 2.75) is 10.1 Å². The number of halogens is 3. The molecule has 1 unspecified atom stereocenters. The fourth-order valence-corrected chi connectivity index (χ4v) is 3.00. The molecule has 0 N–H and O–H groups in total. The highest BCUT2D eigenvalue weighted by atomic mass is 35.5. The van der Waals surface area contributed by atoms with E-state index >= 15 is 0 Å². The lowest BCUT2D eigenvalue weighted by atomic mass is 10.2. The van der Waals surface area contributed by atoms with Gasteiger partial charge in [0.25, 0.3) is 0 Å². The standard InChI is InChI=1S/C14H9Cl3OS/c15-10-3-1-9(2-4-10)13(14(17)18)19-12-7-5-11(16)6-8-12/h1-8,13H. The molecule has 0 saturated heterocycles. The molecular formula is C14H9Cl3OS. The average molecular weight is 332 g/mol. The zero-order valence-corrected chi connectivity index (χ0v) is 12.7. The Hall–Kier alpha value is -0.670. The van der Waals surface area contributed by atoms with Crippen molar-refractivity contribution >= 4 is 51.8 Å². The topological polar surface area (TPSA) is 17.1 Å². The number of hydrogen-bond donors (Lipinski definition) is 0. The van der Waals surface area contributed by atoms with Crippen molar-refractivity contribution in [2.75, 3.05) is 0 Å². The number of benzene rings is 2. The molecule has 0 fully saturated rings. The highest BCUT2D eigenvalue weighted by Gasteiger charge is 2.20. The largest absolute Gasteiger partial charge is 0.280 e. The van der Waals surface area contributed by atoms with Crippen LogP contribution in [0.4, 0.5) is 0 Å². The van der Waals surface area contributed by atoms with Gasteiger partial charge >= 0.3 is 0 Å². The Bertz CT molecular complexity index is 566. The van der Waals surface area contributed by atoms with E-state index in [1.807, 2.05) is 12.1 Å². The molecular weight excluding hydrogens is 323 g/mol. The maximum absolute atomic E-state index is 11.6. The van der Waals surface area contributed by atoms with Crippen LogP contribution in [0.2, 0.25) is 10.0 Å². The van der Waals surface area contributed by atoms with Gasteiger partial charge in [0.05, 0.1) is 0 Å². The smallest absolute Gasteiger partial charge is 0.239 e. The lowest BCUT2D eigenvalue weighted by molar-refractivity contribution is -0.111. The van der Waals surface area contributed by atoms with Crippen LogP contribution in [-0.4, -0.2) is 5.24 Å². The quantitative estimate of drug-likeness (QED) is 0.536. The van der Waals surface area contributed by atoms with Crippen molar-refractivity contribution < 1.29 is 4.79 Å². The minimum atomic E-state index is -0.458. The number of carbonyl (C=O) groups is 1. The van der Waals surface area contributed by atoms with Crippen molar-refractivity contribution in [3.63, 3.8) is 0 Å². The van der Waals surface area contributed by atoms with Crippen LogP contribution < -0.4 is 0 Å². The Morgan fingerprint density at radius 2 is 1.37 bits per heavy atom. The van der Waals surface area contributed by atoms with E-state index in [9.17, 15) is 4.79 Å². The fraction of sp³-hybridized carbons (Fsp3) is 0.0714. The molecule has 0 saturated carbocycles. The second-order valence-electron chi connectivity index (χ2n) is 3.81. The van der Waals surface area contributed by atoms with Crippen LogP contribution in [0.15, 0.2) is 53.4 Å². The summed E-state index contributed by atoms with van der Waals surface area (Å²) in [4.78, 5) is 12.5. The summed E-state index contributed by atoms with van der Waals surface area (Å²) >= 11 is 18.7. The lowest BCUT2D eigenvalue weighted by Crippen LogP contribution is -2.02. The minimum Gasteiger partial charge on any atom is -0.280 e. The molecule has 0 aliphatic carbocycles. The van der Waals surface area contributed by atoms with Crippen LogP contribution in [0.1, 0.15) is 10.8 Å². The zero-order chi connectivity index (χ0) is 13.8. The number of thioether (sulfide) groups is 1. The first-order valence-corrected chi connectivity index (χ1v) is 7.44. The molecule has 1 atom stereocenters. The van der Waals surface area contributed by atoms with Crippen LogP contribution >= 0.6 is 46.6 Å². The lowest BCUT2D eigenvalue weighted by Gasteiger charge is -2.12. The summed E-state index contributed by atoms with van der Waals surface area (Å²) in [5.41, 5.74) is 0.823. The van der Waals surface area contributed by atoms with Gasteiger partial charge < -0.3 is 0 Å². The van der Waals surface area contributed by atoms with E-state index in [0.717, 1.165) is 10.5 Å². The third kappa shape index (κ3) is 4.15. The average Bonchev–Trinajstić information content (AvgIpc) is 2.39. The summed E-state index contributed by atoms with van der Waals surface area (Å²) in [6.07, 6.45) is 0. The molecule has 98 valence electrons. The van der Waals surface area contributed by atoms with E-state index in [1.165, 1.54) is 11.8 Å². The highest BCUT2D eigenvalue weighted by molar-refractivity contribution is 8.00. The summed E-state index contributed by atoms with van der Waals surface area (Å²) < 4.78 is 0. The summed E-state index contributed by atoms with van der Waals surface area (Å²) in [6.45, 7) is 0. The van der Waals surface area contributed by atoms with Gasteiger partial charge in [-0.25, -0.2) is 0 Å². The van der Waals surface area contributed by atoms with Crippen LogP contribution in [0.5, 0.6) is 0 Å². The molecule has 5 heteroatoms. The first-order valence-electron chi connectivity index (χ1n) is 5.43. The molecule has 0 bridgehead atoms. The van der Waals surface area contributed by atoms with Crippen molar-refractivity contribution in [3.8, 4) is 0 Å². The fourth-order valence-electron chi connectivity index (χ4n) is 1.53. The van der Waals surface area contributed by atoms with Crippen LogP contribution in [0.25, 0.3) is 0 Å². The molecule has 0 spiro atoms. The van der Waals surface area contributed by atoms with Gasteiger partial charge in [0.2, 0.25) is 5.24 Å². The van der Waals surface area contributed by atoms with Crippen molar-refractivity contribution in [3.05, 3.63) is 64.1 Å². The Balaban J connectivity index is 2.23. The second kappa shape index (κ2) is 6.67. The minimum absolute atomic E-state index is 0.415. The van der Waals surface area contributed by atoms with Gasteiger partial charge in [-0.2, -0.15) is 0 Å². The Morgan fingerprint density at radius 1 is 0.895 bits per heavy atom. The maximum atomic E-state index is 11.6. The second-order valence-corrected chi connectivity index (χ2v) is 6.23. The Morgan fingerprint density at radius 3 is 1.84 bits per heavy atom. The first kappa shape index (κ1) is 14.7. The van der Waals surface area contributed by atoms with Gasteiger partial charge in [0.15, 0.2) is 0 Å². The SMILES string of the molecule is O=C(Cl)C(Sc1ccc(Cl)cc1)c1ccc(Cl)cc1. The van der Waals surface area contributed by atoms with Crippen LogP contribution in [0, 0.1) is 0 Å². The number of carbonyl (C=O) groups excluding carboxylic acids is 1.